The fourth-order valence-electron chi connectivity index (χ4n) is 3.51. The zero-order valence-corrected chi connectivity index (χ0v) is 18.4. The Labute approximate surface area is 195 Å². The molecule has 4 aromatic rings. The Bertz CT molecular complexity index is 1390. The van der Waals surface area contributed by atoms with Crippen molar-refractivity contribution >= 4 is 46.0 Å². The van der Waals surface area contributed by atoms with Gasteiger partial charge in [-0.25, -0.2) is 22.0 Å². The van der Waals surface area contributed by atoms with E-state index < -0.39 is 34.8 Å². The number of hydrogen-bond donors (Lipinski definition) is 1. The van der Waals surface area contributed by atoms with E-state index in [0.717, 1.165) is 22.2 Å². The molecule has 0 unspecified atom stereocenters. The average Bonchev–Trinajstić information content (AvgIpc) is 3.06. The van der Waals surface area contributed by atoms with Gasteiger partial charge in [-0.1, -0.05) is 47.5 Å². The van der Waals surface area contributed by atoms with Gasteiger partial charge < -0.3 is 4.57 Å². The third-order valence-corrected chi connectivity index (χ3v) is 5.79. The van der Waals surface area contributed by atoms with Crippen LogP contribution >= 0.6 is 23.2 Å². The van der Waals surface area contributed by atoms with Crippen molar-refractivity contribution in [2.75, 3.05) is 5.43 Å². The second-order valence-corrected chi connectivity index (χ2v) is 8.00. The fraction of sp³-hybridized carbons (Fsp3) is 0.0870. The number of aromatic nitrogens is 1. The molecule has 1 aromatic heterocycles. The third-order valence-electron chi connectivity index (χ3n) is 5.20. The van der Waals surface area contributed by atoms with Gasteiger partial charge in [-0.2, -0.15) is 5.10 Å². The van der Waals surface area contributed by atoms with E-state index in [-0.39, 0.29) is 0 Å². The lowest BCUT2D eigenvalue weighted by Crippen LogP contribution is -2.07. The molecule has 3 nitrogen and oxygen atoms in total. The minimum Gasteiger partial charge on any atom is -0.340 e. The molecule has 170 valence electrons. The van der Waals surface area contributed by atoms with Crippen LogP contribution in [0.4, 0.5) is 27.6 Å². The molecule has 4 rings (SSSR count). The predicted octanol–water partition coefficient (Wildman–Crippen LogP) is 7.45. The van der Waals surface area contributed by atoms with Gasteiger partial charge in [0.25, 0.3) is 0 Å². The minimum atomic E-state index is -2.24. The third kappa shape index (κ3) is 4.16. The molecule has 0 fully saturated rings. The van der Waals surface area contributed by atoms with E-state index in [0.29, 0.717) is 22.2 Å². The lowest BCUT2D eigenvalue weighted by atomic mass is 10.1. The van der Waals surface area contributed by atoms with Gasteiger partial charge in [-0.05, 0) is 30.7 Å². The molecule has 0 amide bonds. The summed E-state index contributed by atoms with van der Waals surface area (Å²) in [6, 6.07) is 12.5. The van der Waals surface area contributed by atoms with Gasteiger partial charge in [0.05, 0.1) is 6.21 Å². The summed E-state index contributed by atoms with van der Waals surface area (Å²) in [4.78, 5) is 0. The van der Waals surface area contributed by atoms with E-state index >= 15 is 0 Å². The van der Waals surface area contributed by atoms with Crippen LogP contribution in [0.2, 0.25) is 10.0 Å². The van der Waals surface area contributed by atoms with Crippen molar-refractivity contribution in [2.24, 2.45) is 5.10 Å². The van der Waals surface area contributed by atoms with E-state index in [4.69, 9.17) is 23.2 Å². The normalized spacial score (nSPS) is 11.6. The number of hydrazone groups is 1. The van der Waals surface area contributed by atoms with Gasteiger partial charge in [-0.3, -0.25) is 5.43 Å². The van der Waals surface area contributed by atoms with E-state index in [1.54, 1.807) is 24.3 Å². The number of benzene rings is 3. The Balaban J connectivity index is 1.73. The van der Waals surface area contributed by atoms with E-state index in [1.807, 2.05) is 35.1 Å². The monoisotopic (exact) mass is 497 g/mol. The maximum absolute atomic E-state index is 13.9. The quantitative estimate of drug-likeness (QED) is 0.100. The lowest BCUT2D eigenvalue weighted by Gasteiger charge is -2.10. The molecule has 0 bridgehead atoms. The highest BCUT2D eigenvalue weighted by Gasteiger charge is 2.25. The Morgan fingerprint density at radius 3 is 2.21 bits per heavy atom. The minimum absolute atomic E-state index is 0.404. The van der Waals surface area contributed by atoms with Crippen LogP contribution in [0.1, 0.15) is 16.8 Å². The van der Waals surface area contributed by atoms with Crippen LogP contribution in [0, 0.1) is 36.0 Å². The van der Waals surface area contributed by atoms with Gasteiger partial charge in [0.1, 0.15) is 5.69 Å². The fourth-order valence-corrected chi connectivity index (χ4v) is 3.98. The summed E-state index contributed by atoms with van der Waals surface area (Å²) in [6.07, 6.45) is 1.26. The Kier molecular flexibility index (Phi) is 6.32. The Morgan fingerprint density at radius 1 is 0.909 bits per heavy atom. The Hall–Kier alpha value is -3.10. The van der Waals surface area contributed by atoms with Crippen molar-refractivity contribution in [1.29, 1.82) is 0 Å². The molecule has 0 aliphatic heterocycles. The van der Waals surface area contributed by atoms with Crippen LogP contribution in [0.5, 0.6) is 0 Å². The van der Waals surface area contributed by atoms with E-state index in [2.05, 4.69) is 5.10 Å². The number of anilines is 1. The van der Waals surface area contributed by atoms with Crippen molar-refractivity contribution in [1.82, 2.24) is 4.57 Å². The largest absolute Gasteiger partial charge is 0.340 e. The van der Waals surface area contributed by atoms with Crippen molar-refractivity contribution in [3.63, 3.8) is 0 Å². The molecule has 0 saturated carbocycles. The molecular formula is C23H14Cl2F5N3. The number of para-hydroxylation sites is 1. The van der Waals surface area contributed by atoms with Crippen molar-refractivity contribution < 1.29 is 22.0 Å². The van der Waals surface area contributed by atoms with Gasteiger partial charge in [0, 0.05) is 38.8 Å². The molecule has 10 heteroatoms. The summed E-state index contributed by atoms with van der Waals surface area (Å²) in [5, 5.41) is 5.50. The zero-order chi connectivity index (χ0) is 23.9. The van der Waals surface area contributed by atoms with Crippen molar-refractivity contribution in [3.8, 4) is 0 Å². The number of halogens is 7. The van der Waals surface area contributed by atoms with Crippen molar-refractivity contribution in [2.45, 2.75) is 13.5 Å². The van der Waals surface area contributed by atoms with Crippen LogP contribution in [-0.4, -0.2) is 10.8 Å². The summed E-state index contributed by atoms with van der Waals surface area (Å²) >= 11 is 12.3. The van der Waals surface area contributed by atoms with Gasteiger partial charge in [0.2, 0.25) is 5.82 Å². The second kappa shape index (κ2) is 9.03. The highest BCUT2D eigenvalue weighted by Crippen LogP contribution is 2.29. The smallest absolute Gasteiger partial charge is 0.200 e. The number of nitrogens with one attached hydrogen (secondary N) is 1. The Morgan fingerprint density at radius 2 is 1.55 bits per heavy atom. The first kappa shape index (κ1) is 23.1. The average molecular weight is 498 g/mol. The zero-order valence-electron chi connectivity index (χ0n) is 16.9. The summed E-state index contributed by atoms with van der Waals surface area (Å²) in [7, 11) is 0. The molecule has 1 heterocycles. The molecule has 0 radical (unpaired) electrons. The molecular weight excluding hydrogens is 484 g/mol. The van der Waals surface area contributed by atoms with E-state index in [1.165, 1.54) is 6.21 Å². The standard InChI is InChI=1S/C23H14Cl2F5N3/c1-11-15(9-31-32-23-21(29)19(27)18(26)20(28)22(23)30)14-4-2-3-5-17(14)33(11)10-12-6-7-13(24)8-16(12)25/h2-9,32H,10H2,1H3/b31-9-. The molecule has 0 aliphatic rings. The molecule has 3 aromatic carbocycles. The van der Waals surface area contributed by atoms with Crippen LogP contribution in [0.3, 0.4) is 0 Å². The highest BCUT2D eigenvalue weighted by atomic mass is 35.5. The number of hydrogen-bond acceptors (Lipinski definition) is 2. The lowest BCUT2D eigenvalue weighted by molar-refractivity contribution is 0.381. The van der Waals surface area contributed by atoms with Gasteiger partial charge in [-0.15, -0.1) is 0 Å². The van der Waals surface area contributed by atoms with Gasteiger partial charge in [0.15, 0.2) is 23.3 Å². The second-order valence-electron chi connectivity index (χ2n) is 7.15. The SMILES string of the molecule is Cc1c(/C=N\Nc2c(F)c(F)c(F)c(F)c2F)c2ccccc2n1Cc1ccc(Cl)cc1Cl. The molecule has 0 atom stereocenters. The molecule has 0 spiro atoms. The predicted molar refractivity (Wildman–Crippen MR) is 120 cm³/mol. The van der Waals surface area contributed by atoms with Crippen LogP contribution in [0.25, 0.3) is 10.9 Å². The molecule has 0 saturated heterocycles. The molecule has 0 aliphatic carbocycles. The first-order valence-electron chi connectivity index (χ1n) is 9.53. The number of fused-ring (bicyclic) bond motifs is 1. The van der Waals surface area contributed by atoms with Crippen LogP contribution < -0.4 is 5.43 Å². The summed E-state index contributed by atoms with van der Waals surface area (Å²) < 4.78 is 69.8. The van der Waals surface area contributed by atoms with Crippen LogP contribution in [0.15, 0.2) is 47.6 Å². The molecule has 1 N–H and O–H groups in total. The van der Waals surface area contributed by atoms with Crippen LogP contribution in [-0.2, 0) is 6.54 Å². The first-order valence-corrected chi connectivity index (χ1v) is 10.3. The summed E-state index contributed by atoms with van der Waals surface area (Å²) in [5.74, 6) is -10.3. The van der Waals surface area contributed by atoms with E-state index in [9.17, 15) is 22.0 Å². The first-order chi connectivity index (χ1) is 15.7. The maximum Gasteiger partial charge on any atom is 0.200 e. The highest BCUT2D eigenvalue weighted by molar-refractivity contribution is 6.35. The number of rotatable bonds is 5. The topological polar surface area (TPSA) is 29.3 Å². The van der Waals surface area contributed by atoms with Gasteiger partial charge >= 0.3 is 0 Å². The summed E-state index contributed by atoms with van der Waals surface area (Å²) in [6.45, 7) is 2.21. The number of nitrogens with zero attached hydrogens (tertiary/aromatic N) is 2. The summed E-state index contributed by atoms with van der Waals surface area (Å²) in [5.41, 5.74) is 3.67. The maximum atomic E-state index is 13.9. The van der Waals surface area contributed by atoms with Crippen molar-refractivity contribution in [3.05, 3.63) is 98.4 Å². The molecule has 33 heavy (non-hydrogen) atoms.